The van der Waals surface area contributed by atoms with Crippen molar-refractivity contribution in [1.29, 1.82) is 0 Å². The lowest BCUT2D eigenvalue weighted by Crippen LogP contribution is -2.52. The average Bonchev–Trinajstić information content (AvgIpc) is 3.98. The molecule has 3 atom stereocenters. The minimum Gasteiger partial charge on any atom is -0.458 e. The van der Waals surface area contributed by atoms with Crippen molar-refractivity contribution in [2.24, 2.45) is 11.3 Å². The molecule has 2 saturated carbocycles. The van der Waals surface area contributed by atoms with Crippen molar-refractivity contribution in [2.75, 3.05) is 33.3 Å². The molecular weight excluding hydrogens is 646 g/mol. The Balaban J connectivity index is 0.000000705. The lowest BCUT2D eigenvalue weighted by atomic mass is 9.87. The maximum atomic E-state index is 12.4. The summed E-state index contributed by atoms with van der Waals surface area (Å²) < 4.78 is 12.7. The van der Waals surface area contributed by atoms with E-state index in [0.717, 1.165) is 51.9 Å². The van der Waals surface area contributed by atoms with Crippen LogP contribution in [0.4, 0.5) is 9.59 Å². The van der Waals surface area contributed by atoms with Gasteiger partial charge in [-0.15, -0.1) is 6.58 Å². The van der Waals surface area contributed by atoms with Crippen molar-refractivity contribution in [3.8, 4) is 0 Å². The molecule has 0 aromatic carbocycles. The third-order valence-electron chi connectivity index (χ3n) is 7.80. The van der Waals surface area contributed by atoms with E-state index in [1.807, 2.05) is 48.5 Å². The molecule has 12 nitrogen and oxygen atoms in total. The van der Waals surface area contributed by atoms with Crippen molar-refractivity contribution < 1.29 is 33.4 Å². The molecule has 0 radical (unpaired) electrons. The number of nitrogens with zero attached hydrogens (tertiary/aromatic N) is 2. The molecule has 0 aromatic heterocycles. The van der Waals surface area contributed by atoms with E-state index in [0.29, 0.717) is 18.1 Å². The van der Waals surface area contributed by atoms with Crippen LogP contribution in [0.5, 0.6) is 0 Å². The van der Waals surface area contributed by atoms with E-state index in [4.69, 9.17) is 4.74 Å². The first kappa shape index (κ1) is 46.0. The van der Waals surface area contributed by atoms with Gasteiger partial charge in [-0.1, -0.05) is 54.5 Å². The molecule has 5 amide bonds. The average molecular weight is 714 g/mol. The van der Waals surface area contributed by atoms with Crippen molar-refractivity contribution in [3.63, 3.8) is 0 Å². The first-order chi connectivity index (χ1) is 23.1. The van der Waals surface area contributed by atoms with E-state index < -0.39 is 23.2 Å². The number of amides is 5. The number of esters is 1. The van der Waals surface area contributed by atoms with Crippen LogP contribution in [-0.2, 0) is 23.9 Å². The second-order valence-electron chi connectivity index (χ2n) is 14.0. The summed E-state index contributed by atoms with van der Waals surface area (Å²) in [6, 6.07) is -0.729. The molecule has 49 heavy (non-hydrogen) atoms. The van der Waals surface area contributed by atoms with Gasteiger partial charge in [-0.05, 0) is 89.5 Å². The molecular formula is C36H67N5O7S. The second-order valence-corrected chi connectivity index (χ2v) is 15.1. The van der Waals surface area contributed by atoms with E-state index in [2.05, 4.69) is 26.7 Å². The summed E-state index contributed by atoms with van der Waals surface area (Å²) in [4.78, 5) is 61.2. The minimum absolute atomic E-state index is 0.0499. The highest BCUT2D eigenvalue weighted by Crippen LogP contribution is 2.45. The van der Waals surface area contributed by atoms with Crippen molar-refractivity contribution >= 4 is 42.4 Å². The number of carbonyl (C=O) groups is 5. The van der Waals surface area contributed by atoms with Gasteiger partial charge in [-0.3, -0.25) is 14.3 Å². The van der Waals surface area contributed by atoms with Crippen LogP contribution in [0.2, 0.25) is 0 Å². The van der Waals surface area contributed by atoms with Gasteiger partial charge in [0, 0.05) is 37.3 Å². The Morgan fingerprint density at radius 1 is 0.878 bits per heavy atom. The van der Waals surface area contributed by atoms with Crippen LogP contribution >= 0.6 is 11.9 Å². The predicted octanol–water partition coefficient (Wildman–Crippen LogP) is 6.44. The normalized spacial score (nSPS) is 21.4. The number of rotatable bonds is 8. The van der Waals surface area contributed by atoms with Gasteiger partial charge in [0.25, 0.3) is 5.91 Å². The molecule has 0 spiro atoms. The van der Waals surface area contributed by atoms with Crippen LogP contribution in [-0.4, -0.2) is 95.9 Å². The molecule has 0 aromatic rings. The zero-order chi connectivity index (χ0) is 37.8. The fourth-order valence-electron chi connectivity index (χ4n) is 4.94. The molecule has 2 saturated heterocycles. The second kappa shape index (κ2) is 22.7. The molecule has 2 aliphatic carbocycles. The molecule has 3 N–H and O–H groups in total. The van der Waals surface area contributed by atoms with Gasteiger partial charge in [0.1, 0.15) is 17.2 Å². The van der Waals surface area contributed by atoms with E-state index in [9.17, 15) is 24.0 Å². The quantitative estimate of drug-likeness (QED) is 0.113. The van der Waals surface area contributed by atoms with Crippen molar-refractivity contribution in [3.05, 3.63) is 12.7 Å². The summed E-state index contributed by atoms with van der Waals surface area (Å²) in [5, 5.41) is 6.00. The summed E-state index contributed by atoms with van der Waals surface area (Å²) in [6.45, 7) is 26.1. The van der Waals surface area contributed by atoms with Gasteiger partial charge in [0.2, 0.25) is 6.41 Å². The Morgan fingerprint density at radius 2 is 1.39 bits per heavy atom. The van der Waals surface area contributed by atoms with E-state index in [1.54, 1.807) is 36.6 Å². The molecule has 2 heterocycles. The highest BCUT2D eigenvalue weighted by molar-refractivity contribution is 7.98. The number of hydrogen-bond acceptors (Lipinski definition) is 8. The van der Waals surface area contributed by atoms with E-state index >= 15 is 0 Å². The number of piperidine rings is 1. The van der Waals surface area contributed by atoms with Gasteiger partial charge in [0.05, 0.1) is 7.11 Å². The van der Waals surface area contributed by atoms with Gasteiger partial charge in [-0.25, -0.2) is 14.4 Å². The summed E-state index contributed by atoms with van der Waals surface area (Å²) in [5.74, 6) is -0.428. The van der Waals surface area contributed by atoms with Crippen LogP contribution < -0.4 is 15.4 Å². The van der Waals surface area contributed by atoms with Crippen LogP contribution in [0.3, 0.4) is 0 Å². The molecule has 13 heteroatoms. The van der Waals surface area contributed by atoms with E-state index in [1.165, 1.54) is 38.3 Å². The lowest BCUT2D eigenvalue weighted by molar-refractivity contribution is -0.161. The third-order valence-corrected chi connectivity index (χ3v) is 8.91. The summed E-state index contributed by atoms with van der Waals surface area (Å²) in [6.07, 6.45) is 10.7. The summed E-state index contributed by atoms with van der Waals surface area (Å²) in [5.41, 5.74) is -1.66. The first-order valence-corrected chi connectivity index (χ1v) is 18.9. The molecule has 0 bridgehead atoms. The van der Waals surface area contributed by atoms with Gasteiger partial charge in [0.15, 0.2) is 0 Å². The van der Waals surface area contributed by atoms with Crippen molar-refractivity contribution in [1.82, 2.24) is 25.2 Å². The number of ether oxygens (including phenoxy) is 2. The zero-order valence-corrected chi connectivity index (χ0v) is 33.1. The number of urea groups is 1. The lowest BCUT2D eigenvalue weighted by Gasteiger charge is -2.31. The van der Waals surface area contributed by atoms with Gasteiger partial charge >= 0.3 is 18.1 Å². The Bertz CT molecular complexity index is 1030. The van der Waals surface area contributed by atoms with Crippen LogP contribution in [0.1, 0.15) is 121 Å². The first-order valence-electron chi connectivity index (χ1n) is 18.0. The van der Waals surface area contributed by atoms with Crippen LogP contribution in [0.25, 0.3) is 0 Å². The topological polar surface area (TPSA) is 146 Å². The number of methoxy groups -OCH3 is 1. The summed E-state index contributed by atoms with van der Waals surface area (Å²) in [7, 11) is 1.43. The smallest absolute Gasteiger partial charge is 0.409 e. The molecule has 4 rings (SSSR count). The Morgan fingerprint density at radius 3 is 1.80 bits per heavy atom. The molecule has 4 aliphatic rings. The summed E-state index contributed by atoms with van der Waals surface area (Å²) >= 11 is 1.49. The standard InChI is InChI=1S/C14H21N3O2S.C11H21NO3.C7H13NO2.2C2H6/c1-2-10-9-14(10,12(18)16-20-11-5-6-11)15-13(19)17-7-3-4-8-17;1-10(2,3)8(12-7-13)9(14)15-11(4,5)6;1-10-7(9)8-5-3-2-4-6-8;2*1-2/h2,10-11H,1,3-9H2,(H,15,19)(H,16,18);7-8H,1-6H3,(H,12,13);2-6H2,1H3;2*1-2H3/t;8-;;;/m.1.../s1. The maximum Gasteiger partial charge on any atom is 0.409 e. The fourth-order valence-corrected chi connectivity index (χ4v) is 5.77. The van der Waals surface area contributed by atoms with Crippen molar-refractivity contribution in [2.45, 2.75) is 143 Å². The molecule has 284 valence electrons. The molecule has 4 fully saturated rings. The minimum atomic E-state index is -0.761. The fraction of sp³-hybridized carbons (Fsp3) is 0.806. The Kier molecular flexibility index (Phi) is 21.3. The third kappa shape index (κ3) is 17.0. The van der Waals surface area contributed by atoms with Crippen LogP contribution in [0, 0.1) is 11.3 Å². The van der Waals surface area contributed by atoms with Gasteiger partial charge in [-0.2, -0.15) is 0 Å². The number of hydrogen-bond donors (Lipinski definition) is 3. The highest BCUT2D eigenvalue weighted by atomic mass is 32.2. The highest BCUT2D eigenvalue weighted by Gasteiger charge is 2.60. The maximum absolute atomic E-state index is 12.4. The predicted molar refractivity (Wildman–Crippen MR) is 198 cm³/mol. The number of carbonyl (C=O) groups excluding carboxylic acids is 5. The SMILES string of the molecule is C=CC1CC1(NC(=O)N1CCCC1)C(=O)NSC1CC1.CC.CC.CC(C)(C)OC(=O)[C@@H](NC=O)C(C)(C)C.COC(=O)N1CCCCC1. The number of likely N-dealkylation sites (tertiary alicyclic amines) is 2. The number of nitrogens with one attached hydrogen (secondary N) is 3. The zero-order valence-electron chi connectivity index (χ0n) is 32.2. The van der Waals surface area contributed by atoms with Gasteiger partial charge < -0.3 is 29.9 Å². The van der Waals surface area contributed by atoms with Crippen LogP contribution in [0.15, 0.2) is 12.7 Å². The monoisotopic (exact) mass is 713 g/mol. The van der Waals surface area contributed by atoms with E-state index in [-0.39, 0.29) is 29.4 Å². The Hall–Kier alpha value is -2.96. The molecule has 2 aliphatic heterocycles. The Labute approximate surface area is 300 Å². The largest absolute Gasteiger partial charge is 0.458 e. The molecule has 2 unspecified atom stereocenters.